The summed E-state index contributed by atoms with van der Waals surface area (Å²) in [7, 11) is 0. The number of unbranched alkanes of at least 4 members (excludes halogenated alkanes) is 8. The summed E-state index contributed by atoms with van der Waals surface area (Å²) in [6.45, 7) is 4.35. The molecule has 0 aliphatic heterocycles. The van der Waals surface area contributed by atoms with Crippen molar-refractivity contribution < 1.29 is 13.2 Å². The quantitative estimate of drug-likeness (QED) is 0.115. The molecule has 43 heavy (non-hydrogen) atoms. The highest BCUT2D eigenvalue weighted by Gasteiger charge is 2.24. The summed E-state index contributed by atoms with van der Waals surface area (Å²) in [5.41, 5.74) is 3.71. The van der Waals surface area contributed by atoms with Gasteiger partial charge in [0.25, 0.3) is 0 Å². The number of benzene rings is 3. The zero-order chi connectivity index (χ0) is 30.4. The van der Waals surface area contributed by atoms with E-state index >= 15 is 4.39 Å². The van der Waals surface area contributed by atoms with Crippen molar-refractivity contribution in [2.45, 2.75) is 122 Å². The second-order valence-electron chi connectivity index (χ2n) is 12.7. The maximum Gasteiger partial charge on any atom is 0.166 e. The molecule has 3 aromatic rings. The molecule has 3 heteroatoms. The molecule has 0 N–H and O–H groups in total. The summed E-state index contributed by atoms with van der Waals surface area (Å²) in [5, 5.41) is 0. The molecule has 1 saturated carbocycles. The molecule has 0 aromatic heterocycles. The maximum atomic E-state index is 15.3. The highest BCUT2D eigenvalue weighted by atomic mass is 19.2. The lowest BCUT2D eigenvalue weighted by Gasteiger charge is -2.29. The molecule has 0 heterocycles. The summed E-state index contributed by atoms with van der Waals surface area (Å²) in [6, 6.07) is 16.2. The fraction of sp³-hybridized carbons (Fsp3) is 0.500. The monoisotopic (exact) mass is 588 g/mol. The van der Waals surface area contributed by atoms with Crippen LogP contribution in [-0.2, 0) is 6.42 Å². The van der Waals surface area contributed by atoms with E-state index in [1.807, 2.05) is 36.4 Å². The van der Waals surface area contributed by atoms with Gasteiger partial charge in [0.15, 0.2) is 11.6 Å². The average molecular weight is 589 g/mol. The zero-order valence-electron chi connectivity index (χ0n) is 26.5. The SMILES string of the molecule is CCC/C=C\Cc1ccc(-c2ccc(-c3ccc(C4CCC(CCCCCCCCCC)CC4)c(F)c3)cc2)c(F)c1F. The first-order valence-electron chi connectivity index (χ1n) is 17.0. The largest absolute Gasteiger partial charge is 0.207 e. The molecule has 3 aromatic carbocycles. The van der Waals surface area contributed by atoms with Crippen LogP contribution < -0.4 is 0 Å². The second kappa shape index (κ2) is 17.5. The van der Waals surface area contributed by atoms with Crippen LogP contribution in [0.4, 0.5) is 13.2 Å². The van der Waals surface area contributed by atoms with Crippen LogP contribution in [0.2, 0.25) is 0 Å². The summed E-state index contributed by atoms with van der Waals surface area (Å²) in [6.07, 6.45) is 23.0. The molecule has 0 bridgehead atoms. The molecule has 0 spiro atoms. The Hall–Kier alpha value is -2.81. The van der Waals surface area contributed by atoms with Crippen molar-refractivity contribution in [1.29, 1.82) is 0 Å². The van der Waals surface area contributed by atoms with E-state index in [2.05, 4.69) is 13.8 Å². The smallest absolute Gasteiger partial charge is 0.166 e. The van der Waals surface area contributed by atoms with Crippen molar-refractivity contribution >= 4 is 0 Å². The molecule has 1 aliphatic rings. The fourth-order valence-corrected chi connectivity index (χ4v) is 6.67. The predicted octanol–water partition coefficient (Wildman–Crippen LogP) is 13.1. The summed E-state index contributed by atoms with van der Waals surface area (Å²) < 4.78 is 45.0. The minimum Gasteiger partial charge on any atom is -0.207 e. The zero-order valence-corrected chi connectivity index (χ0v) is 26.5. The van der Waals surface area contributed by atoms with Crippen LogP contribution >= 0.6 is 0 Å². The Bertz CT molecular complexity index is 1280. The van der Waals surface area contributed by atoms with Crippen LogP contribution in [0.3, 0.4) is 0 Å². The Balaban J connectivity index is 1.29. The molecule has 0 saturated heterocycles. The topological polar surface area (TPSA) is 0 Å². The van der Waals surface area contributed by atoms with Crippen LogP contribution in [0, 0.1) is 23.4 Å². The highest BCUT2D eigenvalue weighted by Crippen LogP contribution is 2.39. The third-order valence-electron chi connectivity index (χ3n) is 9.40. The number of hydrogen-bond acceptors (Lipinski definition) is 0. The summed E-state index contributed by atoms with van der Waals surface area (Å²) in [4.78, 5) is 0. The lowest BCUT2D eigenvalue weighted by molar-refractivity contribution is 0.298. The van der Waals surface area contributed by atoms with Gasteiger partial charge in [-0.15, -0.1) is 0 Å². The van der Waals surface area contributed by atoms with Crippen molar-refractivity contribution in [1.82, 2.24) is 0 Å². The third-order valence-corrected chi connectivity index (χ3v) is 9.40. The molecule has 0 unspecified atom stereocenters. The lowest BCUT2D eigenvalue weighted by Crippen LogP contribution is -2.14. The average Bonchev–Trinajstić information content (AvgIpc) is 3.03. The van der Waals surface area contributed by atoms with E-state index in [4.69, 9.17) is 0 Å². The predicted molar refractivity (Wildman–Crippen MR) is 177 cm³/mol. The number of halogens is 3. The van der Waals surface area contributed by atoms with Crippen LogP contribution in [0.1, 0.15) is 127 Å². The van der Waals surface area contributed by atoms with E-state index in [0.717, 1.165) is 48.3 Å². The van der Waals surface area contributed by atoms with Gasteiger partial charge in [-0.2, -0.15) is 0 Å². The van der Waals surface area contributed by atoms with Gasteiger partial charge in [-0.05, 0) is 84.2 Å². The minimum atomic E-state index is -0.822. The molecule has 1 fully saturated rings. The van der Waals surface area contributed by atoms with Gasteiger partial charge in [-0.1, -0.05) is 139 Å². The van der Waals surface area contributed by atoms with Crippen molar-refractivity contribution in [3.05, 3.63) is 95.3 Å². The number of rotatable bonds is 16. The Labute approximate surface area is 258 Å². The van der Waals surface area contributed by atoms with E-state index in [-0.39, 0.29) is 11.4 Å². The standard InChI is InChI=1S/C40H51F3/c1-3-5-7-9-10-11-12-13-15-30-17-19-32(20-18-30)36-27-26-35(29-38(36)41)31-21-23-33(24-22-31)37-28-25-34(39(42)40(37)43)16-14-8-6-4-2/h8,14,21-30,32H,3-7,9-13,15-20H2,1-2H3/b14-8-. The van der Waals surface area contributed by atoms with Gasteiger partial charge in [0.1, 0.15) is 5.82 Å². The Morgan fingerprint density at radius 2 is 1.28 bits per heavy atom. The van der Waals surface area contributed by atoms with Gasteiger partial charge in [-0.3, -0.25) is 0 Å². The summed E-state index contributed by atoms with van der Waals surface area (Å²) >= 11 is 0. The Morgan fingerprint density at radius 1 is 0.628 bits per heavy atom. The van der Waals surface area contributed by atoms with Crippen LogP contribution in [-0.4, -0.2) is 0 Å². The normalized spacial score (nSPS) is 17.1. The van der Waals surface area contributed by atoms with Gasteiger partial charge >= 0.3 is 0 Å². The van der Waals surface area contributed by atoms with Gasteiger partial charge < -0.3 is 0 Å². The molecule has 0 atom stereocenters. The highest BCUT2D eigenvalue weighted by molar-refractivity contribution is 5.71. The molecular weight excluding hydrogens is 537 g/mol. The van der Waals surface area contributed by atoms with Crippen molar-refractivity contribution in [2.24, 2.45) is 5.92 Å². The second-order valence-corrected chi connectivity index (χ2v) is 12.7. The molecule has 0 nitrogen and oxygen atoms in total. The van der Waals surface area contributed by atoms with Crippen molar-refractivity contribution in [2.75, 3.05) is 0 Å². The maximum absolute atomic E-state index is 15.3. The fourth-order valence-electron chi connectivity index (χ4n) is 6.67. The van der Waals surface area contributed by atoms with Gasteiger partial charge in [-0.25, -0.2) is 13.2 Å². The van der Waals surface area contributed by atoms with Crippen molar-refractivity contribution in [3.63, 3.8) is 0 Å². The molecule has 232 valence electrons. The first-order valence-corrected chi connectivity index (χ1v) is 17.0. The minimum absolute atomic E-state index is 0.134. The Kier molecular flexibility index (Phi) is 13.4. The van der Waals surface area contributed by atoms with Crippen molar-refractivity contribution in [3.8, 4) is 22.3 Å². The first kappa shape index (κ1) is 33.1. The molecule has 1 aliphatic carbocycles. The lowest BCUT2D eigenvalue weighted by atomic mass is 9.76. The van der Waals surface area contributed by atoms with E-state index in [9.17, 15) is 8.78 Å². The molecular formula is C40H51F3. The van der Waals surface area contributed by atoms with Crippen LogP contribution in [0.25, 0.3) is 22.3 Å². The van der Waals surface area contributed by atoms with Gasteiger partial charge in [0.2, 0.25) is 0 Å². The van der Waals surface area contributed by atoms with Gasteiger partial charge in [0.05, 0.1) is 0 Å². The van der Waals surface area contributed by atoms with Gasteiger partial charge in [0, 0.05) is 5.56 Å². The number of hydrogen-bond donors (Lipinski definition) is 0. The summed E-state index contributed by atoms with van der Waals surface area (Å²) in [5.74, 6) is -0.645. The third kappa shape index (κ3) is 9.59. The molecule has 0 amide bonds. The van der Waals surface area contributed by atoms with E-state index < -0.39 is 11.6 Å². The van der Waals surface area contributed by atoms with E-state index in [0.29, 0.717) is 23.5 Å². The van der Waals surface area contributed by atoms with Crippen LogP contribution in [0.5, 0.6) is 0 Å². The first-order chi connectivity index (χ1) is 21.0. The molecule has 0 radical (unpaired) electrons. The number of allylic oxidation sites excluding steroid dienone is 2. The van der Waals surface area contributed by atoms with E-state index in [1.165, 1.54) is 70.6 Å². The Morgan fingerprint density at radius 3 is 1.95 bits per heavy atom. The van der Waals surface area contributed by atoms with E-state index in [1.54, 1.807) is 30.3 Å². The van der Waals surface area contributed by atoms with Crippen LogP contribution in [0.15, 0.2) is 66.7 Å². The molecule has 4 rings (SSSR count).